The van der Waals surface area contributed by atoms with Crippen LogP contribution in [-0.2, 0) is 0 Å². The highest BCUT2D eigenvalue weighted by atomic mass is 14.9. The van der Waals surface area contributed by atoms with E-state index in [1.807, 2.05) is 54.6 Å². The second-order valence-corrected chi connectivity index (χ2v) is 15.8. The predicted octanol–water partition coefficient (Wildman–Crippen LogP) is 13.7. The van der Waals surface area contributed by atoms with Crippen molar-refractivity contribution in [1.29, 1.82) is 5.41 Å². The monoisotopic (exact) mass is 791 g/mol. The van der Waals surface area contributed by atoms with Crippen LogP contribution in [-0.4, -0.2) is 20.1 Å². The number of allylic oxidation sites excluding steroid dienone is 1. The van der Waals surface area contributed by atoms with Gasteiger partial charge < -0.3 is 9.72 Å². The van der Waals surface area contributed by atoms with Gasteiger partial charge in [-0.25, -0.2) is 9.97 Å². The predicted molar refractivity (Wildman–Crippen MR) is 257 cm³/mol. The van der Waals surface area contributed by atoms with Gasteiger partial charge in [0.15, 0.2) is 5.82 Å². The van der Waals surface area contributed by atoms with Crippen LogP contribution in [0.5, 0.6) is 0 Å². The lowest BCUT2D eigenvalue weighted by Crippen LogP contribution is -2.20. The molecule has 5 heteroatoms. The summed E-state index contributed by atoms with van der Waals surface area (Å²) in [5.41, 5.74) is 16.4. The highest BCUT2D eigenvalue weighted by molar-refractivity contribution is 6.36. The van der Waals surface area contributed by atoms with Crippen LogP contribution >= 0.6 is 0 Å². The van der Waals surface area contributed by atoms with Gasteiger partial charge in [-0.2, -0.15) is 0 Å². The summed E-state index contributed by atoms with van der Waals surface area (Å²) < 4.78 is 2.39. The standard InChI is InChI=1S/C57H37N5/c58-54(53(39-20-8-3-9-21-39)55-43-23-11-10-22-41(43)34-48(59-55)36-16-4-1-5-17-36)40-30-28-38(29-31-40)50-35-49(37-18-6-2-7-19-37)60-57(61-50)42-32-46-44-24-12-14-26-51(44)62-52-27-15-13-25-45(52)47(33-42)56(46)62/h1-35,58-59H/b55-53-,58-54?. The molecule has 0 atom stereocenters. The number of nitrogens with one attached hydrogen (secondary N) is 2. The molecule has 1 aliphatic rings. The lowest BCUT2D eigenvalue weighted by molar-refractivity contribution is 1.18. The van der Waals surface area contributed by atoms with Gasteiger partial charge in [0.1, 0.15) is 0 Å². The number of hydrogen-bond donors (Lipinski definition) is 2. The van der Waals surface area contributed by atoms with Gasteiger partial charge in [-0.3, -0.25) is 5.41 Å². The smallest absolute Gasteiger partial charge is 0.160 e. The number of rotatable bonds is 7. The Morgan fingerprint density at radius 3 is 1.63 bits per heavy atom. The van der Waals surface area contributed by atoms with Gasteiger partial charge in [0.25, 0.3) is 0 Å². The zero-order valence-corrected chi connectivity index (χ0v) is 33.5. The van der Waals surface area contributed by atoms with Crippen molar-refractivity contribution in [1.82, 2.24) is 19.7 Å². The molecule has 0 saturated carbocycles. The highest BCUT2D eigenvalue weighted by Crippen LogP contribution is 2.42. The Bertz CT molecular complexity index is 3500. The van der Waals surface area contributed by atoms with Gasteiger partial charge in [0.2, 0.25) is 0 Å². The zero-order valence-electron chi connectivity index (χ0n) is 33.5. The molecule has 12 rings (SSSR count). The fourth-order valence-electron chi connectivity index (χ4n) is 9.24. The van der Waals surface area contributed by atoms with Crippen LogP contribution in [0.1, 0.15) is 27.8 Å². The molecule has 2 N–H and O–H groups in total. The number of nitrogens with zero attached hydrogens (tertiary/aromatic N) is 3. The maximum Gasteiger partial charge on any atom is 0.160 e. The summed E-state index contributed by atoms with van der Waals surface area (Å²) in [6, 6.07) is 71.5. The van der Waals surface area contributed by atoms with E-state index < -0.39 is 0 Å². The zero-order chi connectivity index (χ0) is 41.1. The molecule has 0 aliphatic carbocycles. The van der Waals surface area contributed by atoms with E-state index in [1.165, 1.54) is 38.1 Å². The summed E-state index contributed by atoms with van der Waals surface area (Å²) in [7, 11) is 0. The fourth-order valence-corrected chi connectivity index (χ4v) is 9.24. The Morgan fingerprint density at radius 2 is 0.984 bits per heavy atom. The summed E-state index contributed by atoms with van der Waals surface area (Å²) >= 11 is 0. The van der Waals surface area contributed by atoms with E-state index in [9.17, 15) is 5.41 Å². The van der Waals surface area contributed by atoms with Crippen LogP contribution in [0.3, 0.4) is 0 Å². The van der Waals surface area contributed by atoms with Gasteiger partial charge in [0.05, 0.1) is 39.3 Å². The summed E-state index contributed by atoms with van der Waals surface area (Å²) in [5.74, 6) is 0.665. The van der Waals surface area contributed by atoms with Gasteiger partial charge in [-0.15, -0.1) is 0 Å². The third-order valence-corrected chi connectivity index (χ3v) is 12.2. The normalized spacial score (nSPS) is 13.3. The lowest BCUT2D eigenvalue weighted by Gasteiger charge is -2.26. The van der Waals surface area contributed by atoms with Crippen molar-refractivity contribution in [2.75, 3.05) is 0 Å². The quantitative estimate of drug-likeness (QED) is 0.158. The van der Waals surface area contributed by atoms with Crippen LogP contribution < -0.4 is 5.32 Å². The van der Waals surface area contributed by atoms with Crippen LogP contribution in [0.2, 0.25) is 0 Å². The van der Waals surface area contributed by atoms with E-state index in [4.69, 9.17) is 9.97 Å². The summed E-state index contributed by atoms with van der Waals surface area (Å²) in [6.07, 6.45) is 2.19. The molecule has 0 fully saturated rings. The van der Waals surface area contributed by atoms with Crippen molar-refractivity contribution in [2.45, 2.75) is 0 Å². The molecule has 8 aromatic carbocycles. The highest BCUT2D eigenvalue weighted by Gasteiger charge is 2.24. The SMILES string of the molecule is N=C(/C(=C1\NC(c2ccccc2)=Cc2ccccc21)c1ccccc1)c1ccc(-c2cc(-c3ccccc3)nc(-c3cc4c5ccccc5n5c6ccccc6c(c3)c45)n2)cc1. The number of benzene rings is 8. The number of fused-ring (bicyclic) bond motifs is 7. The van der Waals surface area contributed by atoms with Crippen LogP contribution in [0.15, 0.2) is 206 Å². The second kappa shape index (κ2) is 14.4. The summed E-state index contributed by atoms with van der Waals surface area (Å²) in [4.78, 5) is 10.6. The fraction of sp³-hybridized carbons (Fsp3) is 0. The van der Waals surface area contributed by atoms with E-state index in [0.717, 1.165) is 72.9 Å². The first-order valence-corrected chi connectivity index (χ1v) is 20.9. The van der Waals surface area contributed by atoms with Crippen molar-refractivity contribution in [3.05, 3.63) is 234 Å². The molecule has 0 saturated heterocycles. The molecule has 5 nitrogen and oxygen atoms in total. The first kappa shape index (κ1) is 35.5. The molecule has 3 aromatic heterocycles. The largest absolute Gasteiger partial charge is 0.354 e. The van der Waals surface area contributed by atoms with Crippen molar-refractivity contribution >= 4 is 66.8 Å². The molecule has 4 heterocycles. The summed E-state index contributed by atoms with van der Waals surface area (Å²) in [6.45, 7) is 0. The van der Waals surface area contributed by atoms with Gasteiger partial charge >= 0.3 is 0 Å². The van der Waals surface area contributed by atoms with E-state index in [2.05, 4.69) is 167 Å². The minimum Gasteiger partial charge on any atom is -0.354 e. The Labute approximate surface area is 358 Å². The molecule has 290 valence electrons. The molecule has 0 radical (unpaired) electrons. The molecular formula is C57H37N5. The van der Waals surface area contributed by atoms with Crippen LogP contribution in [0.25, 0.3) is 95.0 Å². The Morgan fingerprint density at radius 1 is 0.452 bits per heavy atom. The Kier molecular flexibility index (Phi) is 8.25. The first-order chi connectivity index (χ1) is 30.7. The third-order valence-electron chi connectivity index (χ3n) is 12.2. The van der Waals surface area contributed by atoms with Crippen molar-refractivity contribution in [3.63, 3.8) is 0 Å². The van der Waals surface area contributed by atoms with Crippen molar-refractivity contribution < 1.29 is 0 Å². The van der Waals surface area contributed by atoms with Crippen molar-refractivity contribution in [3.8, 4) is 33.9 Å². The van der Waals surface area contributed by atoms with Crippen LogP contribution in [0.4, 0.5) is 0 Å². The lowest BCUT2D eigenvalue weighted by atomic mass is 9.88. The average molecular weight is 792 g/mol. The molecule has 0 bridgehead atoms. The van der Waals surface area contributed by atoms with Gasteiger partial charge in [0, 0.05) is 60.6 Å². The molecule has 62 heavy (non-hydrogen) atoms. The van der Waals surface area contributed by atoms with Crippen LogP contribution in [0, 0.1) is 5.41 Å². The number of para-hydroxylation sites is 2. The molecular weight excluding hydrogens is 755 g/mol. The number of hydrogen-bond acceptors (Lipinski definition) is 4. The van der Waals surface area contributed by atoms with Crippen molar-refractivity contribution in [2.24, 2.45) is 0 Å². The maximum atomic E-state index is 9.90. The minimum absolute atomic E-state index is 0.425. The molecule has 11 aromatic rings. The summed E-state index contributed by atoms with van der Waals surface area (Å²) in [5, 5.41) is 18.5. The number of aromatic nitrogens is 3. The molecule has 0 amide bonds. The van der Waals surface area contributed by atoms with E-state index in [-0.39, 0.29) is 0 Å². The van der Waals surface area contributed by atoms with E-state index >= 15 is 0 Å². The Hall–Kier alpha value is -8.41. The second-order valence-electron chi connectivity index (χ2n) is 15.8. The van der Waals surface area contributed by atoms with Gasteiger partial charge in [-0.1, -0.05) is 176 Å². The van der Waals surface area contributed by atoms with E-state index in [1.54, 1.807) is 0 Å². The topological polar surface area (TPSA) is 66.1 Å². The maximum absolute atomic E-state index is 9.90. The van der Waals surface area contributed by atoms with E-state index in [0.29, 0.717) is 11.5 Å². The van der Waals surface area contributed by atoms with Gasteiger partial charge in [-0.05, 0) is 53.1 Å². The molecule has 0 unspecified atom stereocenters. The third kappa shape index (κ3) is 5.82. The molecule has 0 spiro atoms. The molecule has 1 aliphatic heterocycles. The first-order valence-electron chi connectivity index (χ1n) is 20.9. The minimum atomic E-state index is 0.425. The average Bonchev–Trinajstić information content (AvgIpc) is 3.87. The Balaban J connectivity index is 0.992.